The Hall–Kier alpha value is -2.30. The number of likely N-dealkylation sites (tertiary alicyclic amines) is 1. The van der Waals surface area contributed by atoms with Gasteiger partial charge in [0.2, 0.25) is 5.91 Å². The zero-order chi connectivity index (χ0) is 17.5. The van der Waals surface area contributed by atoms with Gasteiger partial charge in [0.15, 0.2) is 0 Å². The molecule has 1 amide bonds. The normalized spacial score (nSPS) is 17.5. The van der Waals surface area contributed by atoms with Gasteiger partial charge in [-0.25, -0.2) is 4.98 Å². The third-order valence-electron chi connectivity index (χ3n) is 4.90. The summed E-state index contributed by atoms with van der Waals surface area (Å²) in [4.78, 5) is 19.0. The van der Waals surface area contributed by atoms with Crippen molar-refractivity contribution in [2.24, 2.45) is 0 Å². The van der Waals surface area contributed by atoms with E-state index in [0.717, 1.165) is 43.9 Å². The van der Waals surface area contributed by atoms with Crippen molar-refractivity contribution in [2.75, 3.05) is 13.2 Å². The number of hydrogen-bond acceptors (Lipinski definition) is 3. The molecule has 1 aliphatic rings. The molecule has 1 fully saturated rings. The van der Waals surface area contributed by atoms with Crippen LogP contribution in [0.25, 0.3) is 0 Å². The monoisotopic (exact) mass is 341 g/mol. The van der Waals surface area contributed by atoms with Crippen LogP contribution in [0.1, 0.15) is 37.9 Å². The van der Waals surface area contributed by atoms with Crippen LogP contribution < -0.4 is 4.74 Å². The average Bonchev–Trinajstić information content (AvgIpc) is 3.06. The SMILES string of the molecule is Cc1nccn1CC[C@H]1CCCCN1C(=O)CCOc1ccccc1. The Morgan fingerprint density at radius 2 is 2.12 bits per heavy atom. The predicted molar refractivity (Wildman–Crippen MR) is 97.5 cm³/mol. The van der Waals surface area contributed by atoms with Gasteiger partial charge in [-0.05, 0) is 44.7 Å². The molecule has 0 bridgehead atoms. The van der Waals surface area contributed by atoms with Crippen LogP contribution in [0.5, 0.6) is 5.75 Å². The molecule has 0 spiro atoms. The summed E-state index contributed by atoms with van der Waals surface area (Å²) in [6.07, 6.45) is 8.68. The Bertz CT molecular complexity index is 669. The van der Waals surface area contributed by atoms with Gasteiger partial charge in [0.1, 0.15) is 11.6 Å². The summed E-state index contributed by atoms with van der Waals surface area (Å²) >= 11 is 0. The fraction of sp³-hybridized carbons (Fsp3) is 0.500. The van der Waals surface area contributed by atoms with Crippen LogP contribution in [0, 0.1) is 6.92 Å². The van der Waals surface area contributed by atoms with E-state index < -0.39 is 0 Å². The summed E-state index contributed by atoms with van der Waals surface area (Å²) in [6, 6.07) is 10.0. The maximum absolute atomic E-state index is 12.7. The van der Waals surface area contributed by atoms with Crippen LogP contribution in [0.4, 0.5) is 0 Å². The van der Waals surface area contributed by atoms with Gasteiger partial charge in [0.05, 0.1) is 13.0 Å². The van der Waals surface area contributed by atoms with E-state index in [9.17, 15) is 4.79 Å². The average molecular weight is 341 g/mol. The fourth-order valence-corrected chi connectivity index (χ4v) is 3.47. The lowest BCUT2D eigenvalue weighted by atomic mass is 9.99. The molecule has 0 saturated carbocycles. The maximum Gasteiger partial charge on any atom is 0.226 e. The summed E-state index contributed by atoms with van der Waals surface area (Å²) in [5, 5.41) is 0. The van der Waals surface area contributed by atoms with E-state index in [1.165, 1.54) is 6.42 Å². The first-order valence-electron chi connectivity index (χ1n) is 9.19. The first-order valence-corrected chi connectivity index (χ1v) is 9.19. The van der Waals surface area contributed by atoms with Gasteiger partial charge in [-0.1, -0.05) is 18.2 Å². The fourth-order valence-electron chi connectivity index (χ4n) is 3.47. The summed E-state index contributed by atoms with van der Waals surface area (Å²) in [5.41, 5.74) is 0. The molecule has 2 heterocycles. The number of nitrogens with zero attached hydrogens (tertiary/aromatic N) is 3. The Balaban J connectivity index is 1.49. The first kappa shape index (κ1) is 17.5. The number of amides is 1. The Morgan fingerprint density at radius 3 is 2.88 bits per heavy atom. The number of carbonyl (C=O) groups excluding carboxylic acids is 1. The molecule has 1 saturated heterocycles. The molecular weight excluding hydrogens is 314 g/mol. The maximum atomic E-state index is 12.7. The summed E-state index contributed by atoms with van der Waals surface area (Å²) in [5.74, 6) is 2.06. The van der Waals surface area contributed by atoms with Crippen molar-refractivity contribution >= 4 is 5.91 Å². The van der Waals surface area contributed by atoms with Crippen molar-refractivity contribution in [1.29, 1.82) is 0 Å². The number of ether oxygens (including phenoxy) is 1. The lowest BCUT2D eigenvalue weighted by Crippen LogP contribution is -2.44. The van der Waals surface area contributed by atoms with Crippen LogP contribution in [0.3, 0.4) is 0 Å². The number of para-hydroxylation sites is 1. The molecule has 134 valence electrons. The highest BCUT2D eigenvalue weighted by molar-refractivity contribution is 5.76. The van der Waals surface area contributed by atoms with Gasteiger partial charge in [-0.3, -0.25) is 4.79 Å². The molecule has 0 radical (unpaired) electrons. The summed E-state index contributed by atoms with van der Waals surface area (Å²) in [6.45, 7) is 4.25. The minimum absolute atomic E-state index is 0.211. The zero-order valence-corrected chi connectivity index (χ0v) is 14.9. The van der Waals surface area contributed by atoms with Crippen molar-refractivity contribution in [2.45, 2.75) is 51.6 Å². The molecule has 25 heavy (non-hydrogen) atoms. The Morgan fingerprint density at radius 1 is 1.28 bits per heavy atom. The Labute approximate surface area is 149 Å². The number of piperidine rings is 1. The molecule has 1 aromatic carbocycles. The van der Waals surface area contributed by atoms with Crippen LogP contribution in [0.15, 0.2) is 42.7 Å². The third kappa shape index (κ3) is 4.84. The number of rotatable bonds is 7. The van der Waals surface area contributed by atoms with Crippen molar-refractivity contribution < 1.29 is 9.53 Å². The highest BCUT2D eigenvalue weighted by atomic mass is 16.5. The van der Waals surface area contributed by atoms with E-state index in [4.69, 9.17) is 4.74 Å². The molecular formula is C20H27N3O2. The van der Waals surface area contributed by atoms with Crippen molar-refractivity contribution in [1.82, 2.24) is 14.5 Å². The number of carbonyl (C=O) groups is 1. The number of imidazole rings is 1. The number of hydrogen-bond donors (Lipinski definition) is 0. The molecule has 2 aromatic rings. The summed E-state index contributed by atoms with van der Waals surface area (Å²) < 4.78 is 7.84. The van der Waals surface area contributed by atoms with Gasteiger partial charge in [-0.15, -0.1) is 0 Å². The number of aryl methyl sites for hydroxylation is 2. The molecule has 1 aliphatic heterocycles. The van der Waals surface area contributed by atoms with Crippen LogP contribution in [-0.2, 0) is 11.3 Å². The lowest BCUT2D eigenvalue weighted by molar-refractivity contribution is -0.135. The van der Waals surface area contributed by atoms with Crippen LogP contribution in [-0.4, -0.2) is 39.6 Å². The van der Waals surface area contributed by atoms with Crippen molar-refractivity contribution in [3.8, 4) is 5.75 Å². The standard InChI is InChI=1S/C20H27N3O2/c1-17-21-12-15-22(17)14-10-18-7-5-6-13-23(18)20(24)11-16-25-19-8-3-2-4-9-19/h2-4,8-9,12,15,18H,5-7,10-11,13-14,16H2,1H3/t18-/m1/s1. The van der Waals surface area contributed by atoms with E-state index in [-0.39, 0.29) is 5.91 Å². The van der Waals surface area contributed by atoms with Gasteiger partial charge >= 0.3 is 0 Å². The second-order valence-electron chi connectivity index (χ2n) is 6.60. The van der Waals surface area contributed by atoms with Gasteiger partial charge in [0.25, 0.3) is 0 Å². The molecule has 0 aliphatic carbocycles. The van der Waals surface area contributed by atoms with Crippen molar-refractivity contribution in [3.63, 3.8) is 0 Å². The summed E-state index contributed by atoms with van der Waals surface area (Å²) in [7, 11) is 0. The number of aromatic nitrogens is 2. The predicted octanol–water partition coefficient (Wildman–Crippen LogP) is 3.43. The van der Waals surface area contributed by atoms with Crippen LogP contribution in [0.2, 0.25) is 0 Å². The molecule has 1 aromatic heterocycles. The highest BCUT2D eigenvalue weighted by Gasteiger charge is 2.26. The van der Waals surface area contributed by atoms with E-state index >= 15 is 0 Å². The molecule has 1 atom stereocenters. The molecule has 5 heteroatoms. The molecule has 0 unspecified atom stereocenters. The van der Waals surface area contributed by atoms with Gasteiger partial charge in [-0.2, -0.15) is 0 Å². The highest BCUT2D eigenvalue weighted by Crippen LogP contribution is 2.21. The van der Waals surface area contributed by atoms with E-state index in [1.807, 2.05) is 49.6 Å². The second kappa shape index (κ2) is 8.70. The van der Waals surface area contributed by atoms with Gasteiger partial charge in [0, 0.05) is 31.5 Å². The quantitative estimate of drug-likeness (QED) is 0.775. The topological polar surface area (TPSA) is 47.4 Å². The van der Waals surface area contributed by atoms with E-state index in [0.29, 0.717) is 19.1 Å². The molecule has 0 N–H and O–H groups in total. The second-order valence-corrected chi connectivity index (χ2v) is 6.60. The minimum Gasteiger partial charge on any atom is -0.493 e. The zero-order valence-electron chi connectivity index (χ0n) is 14.9. The first-order chi connectivity index (χ1) is 12.2. The van der Waals surface area contributed by atoms with E-state index in [2.05, 4.69) is 14.5 Å². The van der Waals surface area contributed by atoms with E-state index in [1.54, 1.807) is 0 Å². The minimum atomic E-state index is 0.211. The number of benzene rings is 1. The Kier molecular flexibility index (Phi) is 6.09. The van der Waals surface area contributed by atoms with Crippen molar-refractivity contribution in [3.05, 3.63) is 48.5 Å². The smallest absolute Gasteiger partial charge is 0.226 e. The lowest BCUT2D eigenvalue weighted by Gasteiger charge is -2.36. The molecule has 3 rings (SSSR count). The molecule has 5 nitrogen and oxygen atoms in total. The van der Waals surface area contributed by atoms with Gasteiger partial charge < -0.3 is 14.2 Å². The third-order valence-corrected chi connectivity index (χ3v) is 4.90. The largest absolute Gasteiger partial charge is 0.493 e. The van der Waals surface area contributed by atoms with Crippen LogP contribution >= 0.6 is 0 Å².